The lowest BCUT2D eigenvalue weighted by atomic mass is 10.1. The van der Waals surface area contributed by atoms with Crippen LogP contribution in [0.25, 0.3) is 0 Å². The predicted molar refractivity (Wildman–Crippen MR) is 104 cm³/mol. The average molecular weight is 409 g/mol. The fourth-order valence-corrected chi connectivity index (χ4v) is 2.74. The quantitative estimate of drug-likeness (QED) is 0.450. The van der Waals surface area contributed by atoms with Crippen LogP contribution >= 0.6 is 0 Å². The third kappa shape index (κ3) is 4.64. The summed E-state index contributed by atoms with van der Waals surface area (Å²) in [7, 11) is 1.72. The molecule has 1 aromatic carbocycles. The van der Waals surface area contributed by atoms with Crippen molar-refractivity contribution >= 4 is 17.4 Å². The maximum atomic E-state index is 12.1. The van der Waals surface area contributed by atoms with E-state index in [-0.39, 0.29) is 6.61 Å². The summed E-state index contributed by atoms with van der Waals surface area (Å²) in [5.74, 6) is 0.425. The van der Waals surface area contributed by atoms with Crippen molar-refractivity contribution in [3.05, 3.63) is 65.6 Å². The number of amides is 1. The number of aromatic nitrogens is 5. The smallest absolute Gasteiger partial charge is 0.282 e. The monoisotopic (exact) mass is 409 g/mol. The van der Waals surface area contributed by atoms with Gasteiger partial charge >= 0.3 is 0 Å². The molecule has 30 heavy (non-hydrogen) atoms. The van der Waals surface area contributed by atoms with Crippen LogP contribution in [0.4, 0.5) is 5.82 Å². The minimum atomic E-state index is -0.912. The van der Waals surface area contributed by atoms with Gasteiger partial charge in [0.1, 0.15) is 5.82 Å². The van der Waals surface area contributed by atoms with Gasteiger partial charge < -0.3 is 19.6 Å². The molecule has 1 N–H and O–H groups in total. The summed E-state index contributed by atoms with van der Waals surface area (Å²) in [6.45, 7) is 0.867. The van der Waals surface area contributed by atoms with Gasteiger partial charge in [-0.15, -0.1) is 5.10 Å². The Bertz CT molecular complexity index is 1030. The average Bonchev–Trinajstić information content (AvgIpc) is 3.44. The number of anilines is 1. The van der Waals surface area contributed by atoms with Crippen LogP contribution < -0.4 is 5.32 Å². The van der Waals surface area contributed by atoms with Gasteiger partial charge in [0.2, 0.25) is 12.1 Å². The Labute approximate surface area is 171 Å². The molecule has 4 rings (SSSR count). The number of nitrogens with one attached hydrogen (secondary N) is 1. The number of benzene rings is 1. The van der Waals surface area contributed by atoms with Crippen LogP contribution in [0, 0.1) is 0 Å². The van der Waals surface area contributed by atoms with Crippen molar-refractivity contribution in [1.29, 1.82) is 0 Å². The van der Waals surface area contributed by atoms with E-state index in [1.165, 1.54) is 4.68 Å². The van der Waals surface area contributed by atoms with Gasteiger partial charge in [0.15, 0.2) is 12.3 Å². The Balaban J connectivity index is 1.45. The van der Waals surface area contributed by atoms with Crippen molar-refractivity contribution in [2.45, 2.75) is 12.9 Å². The molecule has 1 amide bonds. The summed E-state index contributed by atoms with van der Waals surface area (Å²) < 4.78 is 11.9. The number of ether oxygens (including phenoxy) is 2. The lowest BCUT2D eigenvalue weighted by Gasteiger charge is -2.10. The number of carbonyl (C=O) groups excluding carboxylic acids is 1. The molecule has 0 aliphatic carbocycles. The molecule has 0 saturated carbocycles. The van der Waals surface area contributed by atoms with E-state index in [1.54, 1.807) is 25.2 Å². The first-order chi connectivity index (χ1) is 14.7. The number of hydrogen-bond acceptors (Lipinski definition) is 9. The maximum Gasteiger partial charge on any atom is 0.282 e. The number of hydrogen-bond donors (Lipinski definition) is 1. The lowest BCUT2D eigenvalue weighted by molar-refractivity contribution is -0.140. The number of carbonyl (C=O) groups is 1. The molecule has 1 fully saturated rings. The molecule has 11 nitrogen and oxygen atoms in total. The highest BCUT2D eigenvalue weighted by Crippen LogP contribution is 2.12. The van der Waals surface area contributed by atoms with Gasteiger partial charge in [0.25, 0.3) is 5.91 Å². The molecule has 1 saturated heterocycles. The molecule has 3 aromatic rings. The number of nitrogens with zero attached hydrogens (tertiary/aromatic N) is 6. The molecule has 0 unspecified atom stereocenters. The Kier molecular flexibility index (Phi) is 6.01. The van der Waals surface area contributed by atoms with Gasteiger partial charge in [0, 0.05) is 12.6 Å². The van der Waals surface area contributed by atoms with Crippen LogP contribution in [0.15, 0.2) is 53.7 Å². The SMILES string of the molecule is Cn1nnnc1C(=NOCc1cccc(NC(=O)C2OCCO2)n1)c1ccccc1. The highest BCUT2D eigenvalue weighted by Gasteiger charge is 2.24. The second-order valence-corrected chi connectivity index (χ2v) is 6.28. The Morgan fingerprint density at radius 2 is 2.00 bits per heavy atom. The van der Waals surface area contributed by atoms with Crippen LogP contribution in [-0.4, -0.2) is 56.3 Å². The zero-order chi connectivity index (χ0) is 20.8. The molecule has 1 aliphatic heterocycles. The largest absolute Gasteiger partial charge is 0.389 e. The topological polar surface area (TPSA) is 126 Å². The van der Waals surface area contributed by atoms with Crippen LogP contribution in [0.1, 0.15) is 17.1 Å². The fraction of sp³-hybridized carbons (Fsp3) is 0.263. The maximum absolute atomic E-state index is 12.1. The summed E-state index contributed by atoms with van der Waals surface area (Å²) in [5.41, 5.74) is 1.87. The summed E-state index contributed by atoms with van der Waals surface area (Å²) in [5, 5.41) is 18.4. The van der Waals surface area contributed by atoms with Crippen LogP contribution in [-0.2, 0) is 32.8 Å². The van der Waals surface area contributed by atoms with Crippen LogP contribution in [0.5, 0.6) is 0 Å². The minimum Gasteiger partial charge on any atom is -0.389 e. The van der Waals surface area contributed by atoms with Gasteiger partial charge in [-0.2, -0.15) is 0 Å². The van der Waals surface area contributed by atoms with Gasteiger partial charge in [-0.25, -0.2) is 9.67 Å². The highest BCUT2D eigenvalue weighted by molar-refractivity contribution is 6.10. The van der Waals surface area contributed by atoms with E-state index in [1.807, 2.05) is 30.3 Å². The van der Waals surface area contributed by atoms with E-state index < -0.39 is 12.2 Å². The molecule has 0 bridgehead atoms. The molecular weight excluding hydrogens is 390 g/mol. The molecule has 1 aliphatic rings. The van der Waals surface area contributed by atoms with E-state index in [0.29, 0.717) is 36.3 Å². The molecule has 11 heteroatoms. The van der Waals surface area contributed by atoms with E-state index in [9.17, 15) is 4.79 Å². The fourth-order valence-electron chi connectivity index (χ4n) is 2.74. The molecule has 2 aromatic heterocycles. The van der Waals surface area contributed by atoms with E-state index in [4.69, 9.17) is 14.3 Å². The molecule has 0 atom stereocenters. The van der Waals surface area contributed by atoms with Gasteiger partial charge in [0.05, 0.1) is 18.9 Å². The van der Waals surface area contributed by atoms with E-state index in [0.717, 1.165) is 5.56 Å². The normalized spacial score (nSPS) is 14.6. The number of aryl methyl sites for hydroxylation is 1. The Morgan fingerprint density at radius 1 is 1.20 bits per heavy atom. The Hall–Kier alpha value is -3.70. The highest BCUT2D eigenvalue weighted by atomic mass is 16.7. The molecule has 3 heterocycles. The summed E-state index contributed by atoms with van der Waals surface area (Å²) in [6, 6.07) is 14.6. The first-order valence-electron chi connectivity index (χ1n) is 9.19. The molecule has 0 radical (unpaired) electrons. The summed E-state index contributed by atoms with van der Waals surface area (Å²) in [4.78, 5) is 22.0. The standard InChI is InChI=1S/C19H19N7O4/c1-26-17(22-24-25-26)16(13-6-3-2-4-7-13)23-30-12-14-8-5-9-15(20-14)21-18(27)19-28-10-11-29-19/h2-9,19H,10-12H2,1H3,(H,20,21,27). The summed E-state index contributed by atoms with van der Waals surface area (Å²) in [6.07, 6.45) is -0.912. The van der Waals surface area contributed by atoms with Crippen LogP contribution in [0.2, 0.25) is 0 Å². The zero-order valence-electron chi connectivity index (χ0n) is 16.1. The zero-order valence-corrected chi connectivity index (χ0v) is 16.1. The lowest BCUT2D eigenvalue weighted by Crippen LogP contribution is -2.28. The molecular formula is C19H19N7O4. The van der Waals surface area contributed by atoms with E-state index in [2.05, 4.69) is 31.0 Å². The number of tetrazole rings is 1. The summed E-state index contributed by atoms with van der Waals surface area (Å²) >= 11 is 0. The van der Waals surface area contributed by atoms with Gasteiger partial charge in [-0.05, 0) is 22.6 Å². The second-order valence-electron chi connectivity index (χ2n) is 6.28. The minimum absolute atomic E-state index is 0.0851. The van der Waals surface area contributed by atoms with Crippen LogP contribution in [0.3, 0.4) is 0 Å². The van der Waals surface area contributed by atoms with Crippen molar-refractivity contribution in [2.24, 2.45) is 12.2 Å². The third-order valence-electron chi connectivity index (χ3n) is 4.14. The van der Waals surface area contributed by atoms with E-state index >= 15 is 0 Å². The predicted octanol–water partition coefficient (Wildman–Crippen LogP) is 0.886. The van der Waals surface area contributed by atoms with Crippen molar-refractivity contribution in [2.75, 3.05) is 18.5 Å². The van der Waals surface area contributed by atoms with Gasteiger partial charge in [-0.3, -0.25) is 4.79 Å². The Morgan fingerprint density at radius 3 is 2.73 bits per heavy atom. The first kappa shape index (κ1) is 19.6. The third-order valence-corrected chi connectivity index (χ3v) is 4.14. The van der Waals surface area contributed by atoms with Gasteiger partial charge in [-0.1, -0.05) is 41.6 Å². The van der Waals surface area contributed by atoms with Crippen molar-refractivity contribution in [3.63, 3.8) is 0 Å². The number of pyridine rings is 1. The second kappa shape index (κ2) is 9.20. The van der Waals surface area contributed by atoms with Crippen molar-refractivity contribution in [1.82, 2.24) is 25.2 Å². The molecule has 0 spiro atoms. The molecule has 154 valence electrons. The number of rotatable bonds is 7. The first-order valence-corrected chi connectivity index (χ1v) is 9.19. The van der Waals surface area contributed by atoms with Crippen molar-refractivity contribution < 1.29 is 19.1 Å². The number of oxime groups is 1. The van der Waals surface area contributed by atoms with Crippen molar-refractivity contribution in [3.8, 4) is 0 Å².